The van der Waals surface area contributed by atoms with Gasteiger partial charge in [0.15, 0.2) is 0 Å². The molecule has 0 heterocycles. The highest BCUT2D eigenvalue weighted by atomic mass is 14.7. The summed E-state index contributed by atoms with van der Waals surface area (Å²) in [5, 5.41) is 0. The Morgan fingerprint density at radius 1 is 1.33 bits per heavy atom. The van der Waals surface area contributed by atoms with Crippen molar-refractivity contribution >= 4 is 12.4 Å². The Hall–Kier alpha value is -1.37. The van der Waals surface area contributed by atoms with Gasteiger partial charge in [-0.25, -0.2) is 0 Å². The van der Waals surface area contributed by atoms with E-state index < -0.39 is 0 Å². The predicted molar refractivity (Wildman–Crippen MR) is 68.2 cm³/mol. The van der Waals surface area contributed by atoms with Gasteiger partial charge in [-0.3, -0.25) is 4.99 Å². The third-order valence-electron chi connectivity index (χ3n) is 2.69. The highest BCUT2D eigenvalue weighted by molar-refractivity contribution is 5.71. The molecule has 0 unspecified atom stereocenters. The second kappa shape index (κ2) is 4.92. The van der Waals surface area contributed by atoms with Crippen molar-refractivity contribution in [3.05, 3.63) is 41.0 Å². The largest absolute Gasteiger partial charge is 0.264 e. The molecule has 0 saturated heterocycles. The zero-order valence-electron chi connectivity index (χ0n) is 10.0. The van der Waals surface area contributed by atoms with Gasteiger partial charge in [-0.05, 0) is 38.1 Å². The van der Waals surface area contributed by atoms with Gasteiger partial charge in [-0.15, -0.1) is 0 Å². The molecule has 0 aromatic heterocycles. The van der Waals surface area contributed by atoms with Gasteiger partial charge < -0.3 is 0 Å². The Morgan fingerprint density at radius 3 is 2.47 bits per heavy atom. The Balaban J connectivity index is 3.24. The lowest BCUT2D eigenvalue weighted by Gasteiger charge is -2.11. The zero-order valence-corrected chi connectivity index (χ0v) is 10.0. The summed E-state index contributed by atoms with van der Waals surface area (Å²) in [5.41, 5.74) is 4.73. The van der Waals surface area contributed by atoms with Crippen LogP contribution in [-0.4, -0.2) is 6.72 Å². The summed E-state index contributed by atoms with van der Waals surface area (Å²) in [5.74, 6) is 0.506. The van der Waals surface area contributed by atoms with Crippen molar-refractivity contribution in [3.63, 3.8) is 0 Å². The van der Waals surface area contributed by atoms with Gasteiger partial charge in [0.25, 0.3) is 0 Å². The summed E-state index contributed by atoms with van der Waals surface area (Å²) in [6.07, 6.45) is 0. The predicted octanol–water partition coefficient (Wildman–Crippen LogP) is 4.08. The maximum absolute atomic E-state index is 4.15. The summed E-state index contributed by atoms with van der Waals surface area (Å²) < 4.78 is 0. The van der Waals surface area contributed by atoms with E-state index in [1.54, 1.807) is 0 Å². The van der Waals surface area contributed by atoms with Gasteiger partial charge >= 0.3 is 0 Å². The molecular weight excluding hydrogens is 182 g/mol. The van der Waals surface area contributed by atoms with Crippen molar-refractivity contribution in [2.24, 2.45) is 10.9 Å². The molecule has 0 aliphatic heterocycles. The van der Waals surface area contributed by atoms with Crippen LogP contribution < -0.4 is 0 Å². The van der Waals surface area contributed by atoms with E-state index in [9.17, 15) is 0 Å². The summed E-state index contributed by atoms with van der Waals surface area (Å²) in [6, 6.07) is 8.39. The number of allylic oxidation sites excluding steroid dienone is 1. The first-order valence-corrected chi connectivity index (χ1v) is 5.30. The lowest BCUT2D eigenvalue weighted by atomic mass is 9.98. The lowest BCUT2D eigenvalue weighted by molar-refractivity contribution is 0.770. The highest BCUT2D eigenvalue weighted by Crippen LogP contribution is 2.24. The second-order valence-corrected chi connectivity index (χ2v) is 4.21. The maximum Gasteiger partial charge on any atom is 0.0686 e. The van der Waals surface area contributed by atoms with Crippen LogP contribution in [0.4, 0.5) is 0 Å². The van der Waals surface area contributed by atoms with E-state index in [-0.39, 0.29) is 0 Å². The van der Waals surface area contributed by atoms with Gasteiger partial charge in [0.2, 0.25) is 0 Å². The average Bonchev–Trinajstić information content (AvgIpc) is 2.18. The smallest absolute Gasteiger partial charge is 0.0686 e. The molecule has 1 aromatic carbocycles. The molecule has 0 fully saturated rings. The molecule has 0 bridgehead atoms. The van der Waals surface area contributed by atoms with Crippen LogP contribution >= 0.6 is 0 Å². The fourth-order valence-corrected chi connectivity index (χ4v) is 1.51. The topological polar surface area (TPSA) is 12.4 Å². The summed E-state index contributed by atoms with van der Waals surface area (Å²) >= 11 is 0. The van der Waals surface area contributed by atoms with Crippen molar-refractivity contribution in [2.45, 2.75) is 27.7 Å². The fraction of sp³-hybridized carbons (Fsp3) is 0.357. The Kier molecular flexibility index (Phi) is 3.84. The molecule has 1 heteroatoms. The first-order valence-electron chi connectivity index (χ1n) is 5.30. The molecule has 1 rings (SSSR count). The van der Waals surface area contributed by atoms with E-state index >= 15 is 0 Å². The summed E-state index contributed by atoms with van der Waals surface area (Å²) in [6.45, 7) is 12.2. The number of hydrogen-bond acceptors (Lipinski definition) is 1. The molecule has 0 atom stereocenters. The third-order valence-corrected chi connectivity index (χ3v) is 2.69. The fourth-order valence-electron chi connectivity index (χ4n) is 1.51. The van der Waals surface area contributed by atoms with E-state index in [4.69, 9.17) is 0 Å². The number of hydrogen-bond donors (Lipinski definition) is 0. The standard InChI is InChI=1S/C14H19N/c1-10(2)12(4)14(15-5)13-8-6-7-11(3)9-13/h6-10H,5H2,1-4H3/b14-12+. The minimum Gasteiger partial charge on any atom is -0.264 e. The van der Waals surface area contributed by atoms with Crippen molar-refractivity contribution in [1.29, 1.82) is 0 Å². The maximum atomic E-state index is 4.15. The Morgan fingerprint density at radius 2 is 2.00 bits per heavy atom. The molecule has 15 heavy (non-hydrogen) atoms. The molecular formula is C14H19N. The van der Waals surface area contributed by atoms with Crippen LogP contribution in [0.2, 0.25) is 0 Å². The molecule has 0 spiro atoms. The Bertz CT molecular complexity index is 386. The van der Waals surface area contributed by atoms with Crippen LogP contribution in [0.1, 0.15) is 31.9 Å². The molecule has 1 nitrogen and oxygen atoms in total. The SMILES string of the molecule is C=N/C(=C(\C)C(C)C)c1cccc(C)c1. The highest BCUT2D eigenvalue weighted by Gasteiger charge is 2.06. The molecule has 0 aliphatic carbocycles. The molecule has 0 radical (unpaired) electrons. The first kappa shape index (κ1) is 11.7. The van der Waals surface area contributed by atoms with Gasteiger partial charge in [0.05, 0.1) is 5.70 Å². The molecule has 0 saturated carbocycles. The van der Waals surface area contributed by atoms with E-state index in [0.717, 1.165) is 11.3 Å². The van der Waals surface area contributed by atoms with Crippen LogP contribution in [0.25, 0.3) is 5.70 Å². The third kappa shape index (κ3) is 2.79. The van der Waals surface area contributed by atoms with Crippen LogP contribution in [-0.2, 0) is 0 Å². The molecule has 80 valence electrons. The number of aliphatic imine (C=N–C) groups is 1. The second-order valence-electron chi connectivity index (χ2n) is 4.21. The van der Waals surface area contributed by atoms with E-state index in [1.807, 2.05) is 0 Å². The molecule has 0 aliphatic rings. The molecule has 0 amide bonds. The Labute approximate surface area is 92.6 Å². The van der Waals surface area contributed by atoms with Crippen LogP contribution in [0.15, 0.2) is 34.8 Å². The van der Waals surface area contributed by atoms with E-state index in [0.29, 0.717) is 5.92 Å². The zero-order chi connectivity index (χ0) is 11.4. The van der Waals surface area contributed by atoms with Gasteiger partial charge in [-0.2, -0.15) is 0 Å². The minimum atomic E-state index is 0.506. The quantitative estimate of drug-likeness (QED) is 0.653. The van der Waals surface area contributed by atoms with E-state index in [2.05, 4.69) is 63.7 Å². The molecule has 1 aromatic rings. The number of aryl methyl sites for hydroxylation is 1. The van der Waals surface area contributed by atoms with Crippen molar-refractivity contribution in [1.82, 2.24) is 0 Å². The number of benzene rings is 1. The van der Waals surface area contributed by atoms with Crippen molar-refractivity contribution in [2.75, 3.05) is 0 Å². The van der Waals surface area contributed by atoms with Crippen LogP contribution in [0.3, 0.4) is 0 Å². The summed E-state index contributed by atoms with van der Waals surface area (Å²) in [7, 11) is 0. The normalized spacial score (nSPS) is 12.6. The monoisotopic (exact) mass is 201 g/mol. The first-order chi connectivity index (χ1) is 7.06. The van der Waals surface area contributed by atoms with Crippen LogP contribution in [0, 0.1) is 12.8 Å². The molecule has 0 N–H and O–H groups in total. The number of nitrogens with zero attached hydrogens (tertiary/aromatic N) is 1. The summed E-state index contributed by atoms with van der Waals surface area (Å²) in [4.78, 5) is 4.15. The van der Waals surface area contributed by atoms with Gasteiger partial charge in [0.1, 0.15) is 0 Å². The van der Waals surface area contributed by atoms with E-state index in [1.165, 1.54) is 11.1 Å². The lowest BCUT2D eigenvalue weighted by Crippen LogP contribution is -1.94. The minimum absolute atomic E-state index is 0.506. The van der Waals surface area contributed by atoms with Crippen LogP contribution in [0.5, 0.6) is 0 Å². The van der Waals surface area contributed by atoms with Gasteiger partial charge in [-0.1, -0.05) is 37.6 Å². The average molecular weight is 201 g/mol. The number of rotatable bonds is 3. The van der Waals surface area contributed by atoms with Crippen molar-refractivity contribution < 1.29 is 0 Å². The van der Waals surface area contributed by atoms with Gasteiger partial charge in [0, 0.05) is 5.56 Å². The van der Waals surface area contributed by atoms with Crippen molar-refractivity contribution in [3.8, 4) is 0 Å².